The van der Waals surface area contributed by atoms with Crippen LogP contribution in [0.3, 0.4) is 0 Å². The Balaban J connectivity index is 1.49. The highest BCUT2D eigenvalue weighted by Crippen LogP contribution is 2.63. The van der Waals surface area contributed by atoms with Crippen molar-refractivity contribution in [2.45, 2.75) is 12.3 Å². The van der Waals surface area contributed by atoms with Crippen LogP contribution in [0, 0.1) is 0 Å². The van der Waals surface area contributed by atoms with Crippen LogP contribution in [0.4, 0.5) is 0 Å². The van der Waals surface area contributed by atoms with Gasteiger partial charge in [-0.25, -0.2) is 0 Å². The molecule has 168 valence electrons. The lowest BCUT2D eigenvalue weighted by Gasteiger charge is -2.20. The van der Waals surface area contributed by atoms with E-state index in [0.717, 1.165) is 12.2 Å². The molecule has 4 aromatic rings. The van der Waals surface area contributed by atoms with E-state index in [1.54, 1.807) is 0 Å². The smallest absolute Gasteiger partial charge is 0.128 e. The van der Waals surface area contributed by atoms with Crippen LogP contribution in [0.5, 0.6) is 5.75 Å². The van der Waals surface area contributed by atoms with E-state index in [1.165, 1.54) is 77.9 Å². The van der Waals surface area contributed by atoms with E-state index in [9.17, 15) is 0 Å². The standard InChI is InChI=1S/C35H22O/c1-2-9-21(10-3-1)30-34-26-17-7-12-20-11-6-16-25(29(20)26)31(34)27-19-36-28-18-8-15-23-22-13-4-5-14-24(22)33(32(23)28)35(27)30/h1-10,12-18,25H,11,19H2. The second kappa shape index (κ2) is 6.65. The molecule has 0 saturated heterocycles. The third kappa shape index (κ3) is 2.18. The summed E-state index contributed by atoms with van der Waals surface area (Å²) in [5, 5.41) is 0. The first-order valence-electron chi connectivity index (χ1n) is 12.8. The van der Waals surface area contributed by atoms with E-state index >= 15 is 0 Å². The SMILES string of the molecule is C1=CC2C3=C4COc5cccc6c5C(=C4C(c4ccccc4)=C3c3cccc(c32)C1)c1ccccc1-6. The van der Waals surface area contributed by atoms with Crippen LogP contribution in [0.15, 0.2) is 120 Å². The van der Waals surface area contributed by atoms with Gasteiger partial charge in [0.2, 0.25) is 0 Å². The molecule has 1 nitrogen and oxygen atoms in total. The van der Waals surface area contributed by atoms with Gasteiger partial charge in [0, 0.05) is 22.6 Å². The van der Waals surface area contributed by atoms with Crippen LogP contribution in [0.2, 0.25) is 0 Å². The average molecular weight is 459 g/mol. The third-order valence-corrected chi connectivity index (χ3v) is 8.60. The van der Waals surface area contributed by atoms with E-state index in [1.807, 2.05) is 0 Å². The van der Waals surface area contributed by atoms with Gasteiger partial charge in [0.1, 0.15) is 12.4 Å². The van der Waals surface area contributed by atoms with Gasteiger partial charge in [-0.15, -0.1) is 0 Å². The molecular weight excluding hydrogens is 436 g/mol. The van der Waals surface area contributed by atoms with Crippen LogP contribution >= 0.6 is 0 Å². The van der Waals surface area contributed by atoms with Gasteiger partial charge in [-0.1, -0.05) is 97.1 Å². The number of hydrogen-bond donors (Lipinski definition) is 0. The predicted octanol–water partition coefficient (Wildman–Crippen LogP) is 7.99. The van der Waals surface area contributed by atoms with Gasteiger partial charge in [-0.05, 0) is 73.7 Å². The maximum Gasteiger partial charge on any atom is 0.128 e. The Bertz CT molecular complexity index is 1790. The number of ether oxygens (including phenoxy) is 1. The molecule has 1 heteroatoms. The molecule has 4 aliphatic carbocycles. The molecule has 0 saturated carbocycles. The second-order valence-corrected chi connectivity index (χ2v) is 10.3. The lowest BCUT2D eigenvalue weighted by molar-refractivity contribution is 0.355. The lowest BCUT2D eigenvalue weighted by Crippen LogP contribution is -2.08. The van der Waals surface area contributed by atoms with Crippen molar-refractivity contribution in [3.05, 3.63) is 153 Å². The predicted molar refractivity (Wildman–Crippen MR) is 146 cm³/mol. The summed E-state index contributed by atoms with van der Waals surface area (Å²) in [6, 6.07) is 33.3. The Labute approximate surface area is 210 Å². The molecule has 0 spiro atoms. The topological polar surface area (TPSA) is 9.23 Å². The van der Waals surface area contributed by atoms with Crippen molar-refractivity contribution < 1.29 is 4.74 Å². The number of rotatable bonds is 1. The normalized spacial score (nSPS) is 19.5. The number of benzene rings is 4. The van der Waals surface area contributed by atoms with Crippen molar-refractivity contribution in [2.75, 3.05) is 6.61 Å². The van der Waals surface area contributed by atoms with Crippen LogP contribution in [0.25, 0.3) is 27.8 Å². The van der Waals surface area contributed by atoms with Gasteiger partial charge in [0.25, 0.3) is 0 Å². The van der Waals surface area contributed by atoms with Gasteiger partial charge in [0.15, 0.2) is 0 Å². The number of hydrogen-bond acceptors (Lipinski definition) is 1. The molecule has 1 aliphatic heterocycles. The quantitative estimate of drug-likeness (QED) is 0.231. The molecule has 0 amide bonds. The van der Waals surface area contributed by atoms with Gasteiger partial charge < -0.3 is 4.74 Å². The monoisotopic (exact) mass is 458 g/mol. The molecule has 5 aliphatic rings. The maximum absolute atomic E-state index is 6.67. The zero-order chi connectivity index (χ0) is 23.4. The summed E-state index contributed by atoms with van der Waals surface area (Å²) in [6.45, 7) is 0.598. The molecule has 0 aromatic heterocycles. The van der Waals surface area contributed by atoms with Crippen molar-refractivity contribution >= 4 is 16.7 Å². The Morgan fingerprint density at radius 3 is 2.31 bits per heavy atom. The molecule has 4 aromatic carbocycles. The summed E-state index contributed by atoms with van der Waals surface area (Å²) in [7, 11) is 0. The molecule has 0 fully saturated rings. The first-order chi connectivity index (χ1) is 17.9. The van der Waals surface area contributed by atoms with Gasteiger partial charge in [-0.3, -0.25) is 0 Å². The largest absolute Gasteiger partial charge is 0.488 e. The third-order valence-electron chi connectivity index (χ3n) is 8.60. The summed E-state index contributed by atoms with van der Waals surface area (Å²) in [5.41, 5.74) is 19.1. The van der Waals surface area contributed by atoms with Crippen LogP contribution in [0.1, 0.15) is 39.3 Å². The molecule has 9 rings (SSSR count). The minimum absolute atomic E-state index is 0.299. The van der Waals surface area contributed by atoms with Crippen molar-refractivity contribution in [3.8, 4) is 16.9 Å². The van der Waals surface area contributed by atoms with E-state index < -0.39 is 0 Å². The fourth-order valence-electron chi connectivity index (χ4n) is 7.30. The summed E-state index contributed by atoms with van der Waals surface area (Å²) in [4.78, 5) is 0. The molecular formula is C35H22O. The Morgan fingerprint density at radius 2 is 1.39 bits per heavy atom. The highest BCUT2D eigenvalue weighted by atomic mass is 16.5. The lowest BCUT2D eigenvalue weighted by atomic mass is 9.83. The second-order valence-electron chi connectivity index (χ2n) is 10.3. The molecule has 0 N–H and O–H groups in total. The molecule has 0 bridgehead atoms. The minimum atomic E-state index is 0.299. The number of fused-ring (bicyclic) bond motifs is 7. The summed E-state index contributed by atoms with van der Waals surface area (Å²) < 4.78 is 6.67. The van der Waals surface area contributed by atoms with Crippen molar-refractivity contribution in [2.24, 2.45) is 0 Å². The van der Waals surface area contributed by atoms with E-state index in [4.69, 9.17) is 4.74 Å². The molecule has 1 heterocycles. The van der Waals surface area contributed by atoms with E-state index in [2.05, 4.69) is 103 Å². The van der Waals surface area contributed by atoms with Gasteiger partial charge >= 0.3 is 0 Å². The zero-order valence-electron chi connectivity index (χ0n) is 19.7. The van der Waals surface area contributed by atoms with E-state index in [-0.39, 0.29) is 0 Å². The summed E-state index contributed by atoms with van der Waals surface area (Å²) in [5.74, 6) is 1.30. The zero-order valence-corrected chi connectivity index (χ0v) is 19.7. The molecule has 0 radical (unpaired) electrons. The van der Waals surface area contributed by atoms with Crippen molar-refractivity contribution in [1.29, 1.82) is 0 Å². The van der Waals surface area contributed by atoms with Crippen molar-refractivity contribution in [1.82, 2.24) is 0 Å². The van der Waals surface area contributed by atoms with Crippen molar-refractivity contribution in [3.63, 3.8) is 0 Å². The first kappa shape index (κ1) is 18.9. The van der Waals surface area contributed by atoms with Crippen LogP contribution in [-0.4, -0.2) is 6.61 Å². The van der Waals surface area contributed by atoms with Gasteiger partial charge in [0.05, 0.1) is 0 Å². The first-order valence-corrected chi connectivity index (χ1v) is 12.8. The summed E-state index contributed by atoms with van der Waals surface area (Å²) in [6.07, 6.45) is 5.81. The molecule has 1 unspecified atom stereocenters. The highest BCUT2D eigenvalue weighted by Gasteiger charge is 2.45. The summed E-state index contributed by atoms with van der Waals surface area (Å²) >= 11 is 0. The Hall–Kier alpha value is -4.36. The van der Waals surface area contributed by atoms with Crippen LogP contribution in [-0.2, 0) is 6.42 Å². The van der Waals surface area contributed by atoms with Gasteiger partial charge in [-0.2, -0.15) is 0 Å². The Morgan fingerprint density at radius 1 is 0.611 bits per heavy atom. The average Bonchev–Trinajstić information content (AvgIpc) is 3.51. The number of allylic oxidation sites excluding steroid dienone is 5. The Kier molecular flexibility index (Phi) is 3.49. The molecule has 1 atom stereocenters. The highest BCUT2D eigenvalue weighted by molar-refractivity contribution is 6.21. The fourth-order valence-corrected chi connectivity index (χ4v) is 7.30. The van der Waals surface area contributed by atoms with Crippen LogP contribution < -0.4 is 4.74 Å². The maximum atomic E-state index is 6.67. The molecule has 36 heavy (non-hydrogen) atoms. The fraction of sp³-hybridized carbons (Fsp3) is 0.0857. The minimum Gasteiger partial charge on any atom is -0.488 e. The van der Waals surface area contributed by atoms with E-state index in [0.29, 0.717) is 12.5 Å².